The van der Waals surface area contributed by atoms with Gasteiger partial charge < -0.3 is 20.1 Å². The van der Waals surface area contributed by atoms with E-state index in [0.29, 0.717) is 25.5 Å². The number of fused-ring (bicyclic) bond motifs is 1. The van der Waals surface area contributed by atoms with Crippen LogP contribution >= 0.6 is 23.7 Å². The van der Waals surface area contributed by atoms with E-state index in [0.717, 1.165) is 41.5 Å². The summed E-state index contributed by atoms with van der Waals surface area (Å²) in [5.74, 6) is 1.49. The quantitative estimate of drug-likeness (QED) is 0.884. The lowest BCUT2D eigenvalue weighted by molar-refractivity contribution is 0.0725. The highest BCUT2D eigenvalue weighted by molar-refractivity contribution is 7.09. The van der Waals surface area contributed by atoms with Crippen LogP contribution in [0.25, 0.3) is 0 Å². The number of ether oxygens (including phenoxy) is 2. The molecule has 8 heteroatoms. The fourth-order valence-electron chi connectivity index (χ4n) is 3.34. The van der Waals surface area contributed by atoms with Gasteiger partial charge in [-0.2, -0.15) is 0 Å². The number of hydrogen-bond donors (Lipinski definition) is 1. The summed E-state index contributed by atoms with van der Waals surface area (Å²) in [4.78, 5) is 19.1. The number of carbonyl (C=O) groups excluding carboxylic acids is 1. The summed E-state index contributed by atoms with van der Waals surface area (Å²) in [6.45, 7) is 2.18. The molecule has 1 amide bonds. The molecule has 1 atom stereocenters. The second kappa shape index (κ2) is 7.59. The number of benzene rings is 1. The molecule has 4 rings (SSSR count). The summed E-state index contributed by atoms with van der Waals surface area (Å²) >= 11 is 1.43. The van der Waals surface area contributed by atoms with Gasteiger partial charge in [0.15, 0.2) is 11.5 Å². The van der Waals surface area contributed by atoms with Gasteiger partial charge in [-0.1, -0.05) is 12.1 Å². The van der Waals surface area contributed by atoms with Gasteiger partial charge in [-0.15, -0.1) is 23.7 Å². The minimum absolute atomic E-state index is 0. The third-order valence-electron chi connectivity index (χ3n) is 4.41. The lowest BCUT2D eigenvalue weighted by Crippen LogP contribution is -2.31. The normalized spacial score (nSPS) is 18.8. The number of carbonyl (C=O) groups is 1. The SMILES string of the molecule is Cl.NCc1nc(C(=O)N2CCCC2c2cccc3c2OCCO3)cs1. The molecule has 134 valence electrons. The van der Waals surface area contributed by atoms with E-state index in [1.807, 2.05) is 23.1 Å². The number of aromatic nitrogens is 1. The molecule has 2 aliphatic rings. The van der Waals surface area contributed by atoms with Crippen LogP contribution < -0.4 is 15.2 Å². The maximum absolute atomic E-state index is 12.9. The van der Waals surface area contributed by atoms with Gasteiger partial charge in [-0.25, -0.2) is 4.98 Å². The van der Waals surface area contributed by atoms with Crippen LogP contribution in [0.4, 0.5) is 0 Å². The summed E-state index contributed by atoms with van der Waals surface area (Å²) in [6, 6.07) is 5.89. The third kappa shape index (κ3) is 3.31. The molecule has 2 N–H and O–H groups in total. The largest absolute Gasteiger partial charge is 0.486 e. The molecule has 6 nitrogen and oxygen atoms in total. The Morgan fingerprint density at radius 1 is 1.36 bits per heavy atom. The number of halogens is 1. The molecule has 0 aliphatic carbocycles. The maximum atomic E-state index is 12.9. The summed E-state index contributed by atoms with van der Waals surface area (Å²) in [7, 11) is 0. The first-order valence-electron chi connectivity index (χ1n) is 8.12. The Balaban J connectivity index is 0.00000182. The molecule has 3 heterocycles. The van der Waals surface area contributed by atoms with Crippen LogP contribution in [0.5, 0.6) is 11.5 Å². The smallest absolute Gasteiger partial charge is 0.273 e. The number of nitrogens with zero attached hydrogens (tertiary/aromatic N) is 2. The van der Waals surface area contributed by atoms with Crippen molar-refractivity contribution in [3.63, 3.8) is 0 Å². The molecule has 2 aliphatic heterocycles. The lowest BCUT2D eigenvalue weighted by Gasteiger charge is -2.28. The highest BCUT2D eigenvalue weighted by Gasteiger charge is 2.34. The monoisotopic (exact) mass is 381 g/mol. The van der Waals surface area contributed by atoms with Crippen LogP contribution in [0.1, 0.15) is 39.9 Å². The molecule has 0 radical (unpaired) electrons. The van der Waals surface area contributed by atoms with Gasteiger partial charge in [-0.3, -0.25) is 4.79 Å². The minimum Gasteiger partial charge on any atom is -0.486 e. The number of rotatable bonds is 3. The Bertz CT molecular complexity index is 767. The number of thiazole rings is 1. The van der Waals surface area contributed by atoms with Crippen LogP contribution in [0.2, 0.25) is 0 Å². The molecule has 1 aromatic carbocycles. The first-order chi connectivity index (χ1) is 11.8. The first kappa shape index (κ1) is 18.0. The second-order valence-corrected chi connectivity index (χ2v) is 6.80. The predicted octanol–water partition coefficient (Wildman–Crippen LogP) is 2.77. The summed E-state index contributed by atoms with van der Waals surface area (Å²) < 4.78 is 11.5. The first-order valence-corrected chi connectivity index (χ1v) is 9.00. The van der Waals surface area contributed by atoms with Gasteiger partial charge >= 0.3 is 0 Å². The van der Waals surface area contributed by atoms with Crippen molar-refractivity contribution in [1.82, 2.24) is 9.88 Å². The zero-order valence-electron chi connectivity index (χ0n) is 13.6. The van der Waals surface area contributed by atoms with Gasteiger partial charge in [0.05, 0.1) is 6.04 Å². The summed E-state index contributed by atoms with van der Waals surface area (Å²) in [5, 5.41) is 2.57. The van der Waals surface area contributed by atoms with Crippen molar-refractivity contribution in [2.45, 2.75) is 25.4 Å². The van der Waals surface area contributed by atoms with Gasteiger partial charge in [0.25, 0.3) is 5.91 Å². The van der Waals surface area contributed by atoms with E-state index in [9.17, 15) is 4.79 Å². The predicted molar refractivity (Wildman–Crippen MR) is 97.7 cm³/mol. The van der Waals surface area contributed by atoms with E-state index in [2.05, 4.69) is 4.98 Å². The van der Waals surface area contributed by atoms with E-state index >= 15 is 0 Å². The zero-order valence-corrected chi connectivity index (χ0v) is 15.3. The molecule has 25 heavy (non-hydrogen) atoms. The number of likely N-dealkylation sites (tertiary alicyclic amines) is 1. The van der Waals surface area contributed by atoms with Gasteiger partial charge in [0, 0.05) is 24.0 Å². The highest BCUT2D eigenvalue weighted by atomic mass is 35.5. The van der Waals surface area contributed by atoms with Crippen molar-refractivity contribution in [1.29, 1.82) is 0 Å². The topological polar surface area (TPSA) is 77.7 Å². The number of amides is 1. The molecular weight excluding hydrogens is 362 g/mol. The standard InChI is InChI=1S/C17H19N3O3S.ClH/c18-9-15-19-12(10-24-15)17(21)20-6-2-4-13(20)11-3-1-5-14-16(11)23-8-7-22-14;/h1,3,5,10,13H,2,4,6-9,18H2;1H. The van der Waals surface area contributed by atoms with E-state index < -0.39 is 0 Å². The Hall–Kier alpha value is -1.83. The van der Waals surface area contributed by atoms with Crippen LogP contribution in [-0.2, 0) is 6.54 Å². The van der Waals surface area contributed by atoms with Gasteiger partial charge in [0.2, 0.25) is 0 Å². The van der Waals surface area contributed by atoms with E-state index in [-0.39, 0.29) is 24.4 Å². The highest BCUT2D eigenvalue weighted by Crippen LogP contribution is 2.43. The number of nitrogens with two attached hydrogens (primary N) is 1. The fourth-order valence-corrected chi connectivity index (χ4v) is 3.99. The molecule has 0 spiro atoms. The Morgan fingerprint density at radius 3 is 3.00 bits per heavy atom. The summed E-state index contributed by atoms with van der Waals surface area (Å²) in [6.07, 6.45) is 1.88. The van der Waals surface area contributed by atoms with Crippen molar-refractivity contribution >= 4 is 29.7 Å². The summed E-state index contributed by atoms with van der Waals surface area (Å²) in [5.41, 5.74) is 7.11. The molecule has 0 saturated carbocycles. The number of hydrogen-bond acceptors (Lipinski definition) is 6. The van der Waals surface area contributed by atoms with E-state index in [1.54, 1.807) is 5.38 Å². The molecule has 0 bridgehead atoms. The van der Waals surface area contributed by atoms with Crippen molar-refractivity contribution < 1.29 is 14.3 Å². The number of para-hydroxylation sites is 1. The molecular formula is C17H20ClN3O3S. The van der Waals surface area contributed by atoms with Crippen LogP contribution in [0, 0.1) is 0 Å². The zero-order chi connectivity index (χ0) is 16.5. The fraction of sp³-hybridized carbons (Fsp3) is 0.412. The Labute approximate surface area is 156 Å². The van der Waals surface area contributed by atoms with Crippen molar-refractivity contribution in [2.24, 2.45) is 5.73 Å². The third-order valence-corrected chi connectivity index (χ3v) is 5.29. The molecule has 1 aromatic heterocycles. The van der Waals surface area contributed by atoms with Crippen LogP contribution in [-0.4, -0.2) is 35.5 Å². The molecule has 1 fully saturated rings. The van der Waals surface area contributed by atoms with Crippen molar-refractivity contribution in [3.8, 4) is 11.5 Å². The van der Waals surface area contributed by atoms with Crippen LogP contribution in [0.3, 0.4) is 0 Å². The lowest BCUT2D eigenvalue weighted by atomic mass is 10.0. The van der Waals surface area contributed by atoms with Crippen LogP contribution in [0.15, 0.2) is 23.6 Å². The van der Waals surface area contributed by atoms with Crippen molar-refractivity contribution in [3.05, 3.63) is 39.8 Å². The Morgan fingerprint density at radius 2 is 2.20 bits per heavy atom. The van der Waals surface area contributed by atoms with E-state index in [1.165, 1.54) is 11.3 Å². The van der Waals surface area contributed by atoms with Gasteiger partial charge in [-0.05, 0) is 18.9 Å². The maximum Gasteiger partial charge on any atom is 0.273 e. The average molecular weight is 382 g/mol. The molecule has 1 saturated heterocycles. The Kier molecular flexibility index (Phi) is 5.46. The molecule has 1 unspecified atom stereocenters. The van der Waals surface area contributed by atoms with Crippen molar-refractivity contribution in [2.75, 3.05) is 19.8 Å². The average Bonchev–Trinajstić information content (AvgIpc) is 3.30. The van der Waals surface area contributed by atoms with E-state index in [4.69, 9.17) is 15.2 Å². The molecule has 2 aromatic rings. The second-order valence-electron chi connectivity index (χ2n) is 5.86. The van der Waals surface area contributed by atoms with Gasteiger partial charge in [0.1, 0.15) is 23.9 Å². The minimum atomic E-state index is -0.0391.